The standard InChI is InChI=1S/C21H20ClFN2O3S/c22-14-3-8-19-18(13-14)20(25-10-1-2-11-25)17(9-12-29(19,27)28)21(26)24-16-6-4-15(23)5-7-16/h3-8,13H,1-2,9-12H2,(H,24,26). The minimum Gasteiger partial charge on any atom is -0.371 e. The zero-order chi connectivity index (χ0) is 20.6. The first-order chi connectivity index (χ1) is 13.8. The van der Waals surface area contributed by atoms with Gasteiger partial charge in [0, 0.05) is 34.9 Å². The smallest absolute Gasteiger partial charge is 0.253 e. The molecule has 1 amide bonds. The predicted molar refractivity (Wildman–Crippen MR) is 111 cm³/mol. The third-order valence-corrected chi connectivity index (χ3v) is 7.24. The van der Waals surface area contributed by atoms with Gasteiger partial charge in [-0.15, -0.1) is 0 Å². The number of halogens is 2. The van der Waals surface area contributed by atoms with E-state index in [1.54, 1.807) is 12.1 Å². The number of sulfone groups is 1. The summed E-state index contributed by atoms with van der Waals surface area (Å²) < 4.78 is 38.9. The molecule has 2 aromatic rings. The lowest BCUT2D eigenvalue weighted by atomic mass is 10.0. The van der Waals surface area contributed by atoms with Gasteiger partial charge < -0.3 is 10.2 Å². The Bertz CT molecular complexity index is 1090. The fourth-order valence-electron chi connectivity index (χ4n) is 3.85. The topological polar surface area (TPSA) is 66.5 Å². The van der Waals surface area contributed by atoms with E-state index in [1.807, 2.05) is 0 Å². The van der Waals surface area contributed by atoms with Crippen molar-refractivity contribution in [3.8, 4) is 0 Å². The monoisotopic (exact) mass is 434 g/mol. The number of anilines is 1. The molecular formula is C21H20ClFN2O3S. The molecule has 152 valence electrons. The van der Waals surface area contributed by atoms with Gasteiger partial charge in [-0.25, -0.2) is 12.8 Å². The molecule has 0 bridgehead atoms. The minimum atomic E-state index is -3.56. The first-order valence-electron chi connectivity index (χ1n) is 9.43. The molecule has 1 saturated heterocycles. The van der Waals surface area contributed by atoms with Crippen molar-refractivity contribution in [3.05, 3.63) is 64.4 Å². The lowest BCUT2D eigenvalue weighted by Crippen LogP contribution is -2.24. The predicted octanol–water partition coefficient (Wildman–Crippen LogP) is 4.10. The Morgan fingerprint density at radius 3 is 2.45 bits per heavy atom. The number of fused-ring (bicyclic) bond motifs is 1. The molecule has 29 heavy (non-hydrogen) atoms. The van der Waals surface area contributed by atoms with E-state index in [0.717, 1.165) is 25.9 Å². The highest BCUT2D eigenvalue weighted by Gasteiger charge is 2.33. The van der Waals surface area contributed by atoms with E-state index in [9.17, 15) is 17.6 Å². The molecule has 0 saturated carbocycles. The van der Waals surface area contributed by atoms with E-state index in [0.29, 0.717) is 27.5 Å². The number of benzene rings is 2. The third kappa shape index (κ3) is 4.02. The molecule has 4 rings (SSSR count). The minimum absolute atomic E-state index is 0.0908. The molecule has 8 heteroatoms. The van der Waals surface area contributed by atoms with Crippen LogP contribution in [0.2, 0.25) is 5.02 Å². The fourth-order valence-corrected chi connectivity index (χ4v) is 5.48. The van der Waals surface area contributed by atoms with Crippen molar-refractivity contribution in [2.45, 2.75) is 24.2 Å². The molecule has 1 fully saturated rings. The van der Waals surface area contributed by atoms with Crippen LogP contribution in [0.5, 0.6) is 0 Å². The SMILES string of the molecule is O=C(Nc1ccc(F)cc1)C1=C(N2CCCC2)c2cc(Cl)ccc2S(=O)(=O)CC1. The second-order valence-corrected chi connectivity index (χ2v) is 9.71. The van der Waals surface area contributed by atoms with Gasteiger partial charge in [-0.05, 0) is 61.7 Å². The Labute approximate surface area is 174 Å². The van der Waals surface area contributed by atoms with Gasteiger partial charge in [0.1, 0.15) is 5.82 Å². The summed E-state index contributed by atoms with van der Waals surface area (Å²) in [5, 5.41) is 3.19. The highest BCUT2D eigenvalue weighted by atomic mass is 35.5. The van der Waals surface area contributed by atoms with E-state index in [4.69, 9.17) is 11.6 Å². The van der Waals surface area contributed by atoms with Crippen molar-refractivity contribution in [1.29, 1.82) is 0 Å². The number of rotatable bonds is 3. The summed E-state index contributed by atoms with van der Waals surface area (Å²) in [7, 11) is -3.56. The van der Waals surface area contributed by atoms with Gasteiger partial charge in [0.2, 0.25) is 0 Å². The van der Waals surface area contributed by atoms with Crippen LogP contribution >= 0.6 is 11.6 Å². The van der Waals surface area contributed by atoms with E-state index in [2.05, 4.69) is 10.2 Å². The number of carbonyl (C=O) groups excluding carboxylic acids is 1. The average molecular weight is 435 g/mol. The Kier molecular flexibility index (Phi) is 5.36. The number of nitrogens with one attached hydrogen (secondary N) is 1. The van der Waals surface area contributed by atoms with Crippen molar-refractivity contribution >= 4 is 38.7 Å². The molecule has 0 unspecified atom stereocenters. The van der Waals surface area contributed by atoms with E-state index in [1.165, 1.54) is 30.3 Å². The van der Waals surface area contributed by atoms with Gasteiger partial charge in [-0.3, -0.25) is 4.79 Å². The molecule has 0 radical (unpaired) electrons. The summed E-state index contributed by atoms with van der Waals surface area (Å²) in [6.45, 7) is 1.49. The van der Waals surface area contributed by atoms with Gasteiger partial charge in [0.15, 0.2) is 9.84 Å². The molecule has 2 aromatic carbocycles. The second-order valence-electron chi connectivity index (χ2n) is 7.19. The number of nitrogens with zero attached hydrogens (tertiary/aromatic N) is 1. The van der Waals surface area contributed by atoms with Crippen LogP contribution in [-0.2, 0) is 14.6 Å². The molecule has 2 aliphatic heterocycles. The maximum Gasteiger partial charge on any atom is 0.253 e. The lowest BCUT2D eigenvalue weighted by molar-refractivity contribution is -0.112. The Morgan fingerprint density at radius 1 is 1.07 bits per heavy atom. The Morgan fingerprint density at radius 2 is 1.76 bits per heavy atom. The summed E-state index contributed by atoms with van der Waals surface area (Å²) in [6, 6.07) is 10.2. The third-order valence-electron chi connectivity index (χ3n) is 5.24. The van der Waals surface area contributed by atoms with Crippen molar-refractivity contribution in [3.63, 3.8) is 0 Å². The molecule has 0 aromatic heterocycles. The summed E-state index contributed by atoms with van der Waals surface area (Å²) in [6.07, 6.45) is 2.03. The molecular weight excluding hydrogens is 415 g/mol. The van der Waals surface area contributed by atoms with Crippen LogP contribution in [-0.4, -0.2) is 38.1 Å². The lowest BCUT2D eigenvalue weighted by Gasteiger charge is -2.25. The van der Waals surface area contributed by atoms with Gasteiger partial charge in [0.25, 0.3) is 5.91 Å². The first kappa shape index (κ1) is 19.9. The molecule has 0 aliphatic carbocycles. The van der Waals surface area contributed by atoms with Gasteiger partial charge >= 0.3 is 0 Å². The largest absolute Gasteiger partial charge is 0.371 e. The zero-order valence-electron chi connectivity index (χ0n) is 15.6. The molecule has 5 nitrogen and oxygen atoms in total. The normalized spacial score (nSPS) is 18.3. The number of likely N-dealkylation sites (tertiary alicyclic amines) is 1. The van der Waals surface area contributed by atoms with E-state index >= 15 is 0 Å². The number of hydrogen-bond donors (Lipinski definition) is 1. The van der Waals surface area contributed by atoms with Crippen molar-refractivity contribution < 1.29 is 17.6 Å². The summed E-state index contributed by atoms with van der Waals surface area (Å²) in [4.78, 5) is 15.4. The number of carbonyl (C=O) groups is 1. The fraction of sp³-hybridized carbons (Fsp3) is 0.286. The maximum atomic E-state index is 13.2. The van der Waals surface area contributed by atoms with Gasteiger partial charge in [-0.1, -0.05) is 11.6 Å². The van der Waals surface area contributed by atoms with Crippen LogP contribution in [0.15, 0.2) is 52.9 Å². The van der Waals surface area contributed by atoms with Crippen molar-refractivity contribution in [2.75, 3.05) is 24.2 Å². The van der Waals surface area contributed by atoms with Crippen LogP contribution in [0.1, 0.15) is 24.8 Å². The molecule has 2 heterocycles. The van der Waals surface area contributed by atoms with E-state index < -0.39 is 15.7 Å². The highest BCUT2D eigenvalue weighted by molar-refractivity contribution is 7.91. The average Bonchev–Trinajstić information content (AvgIpc) is 3.17. The Hall–Kier alpha value is -2.38. The van der Waals surface area contributed by atoms with Crippen molar-refractivity contribution in [2.24, 2.45) is 0 Å². The van der Waals surface area contributed by atoms with Crippen LogP contribution in [0.3, 0.4) is 0 Å². The van der Waals surface area contributed by atoms with Crippen LogP contribution < -0.4 is 5.32 Å². The maximum absolute atomic E-state index is 13.2. The highest BCUT2D eigenvalue weighted by Crippen LogP contribution is 2.38. The quantitative estimate of drug-likeness (QED) is 0.789. The summed E-state index contributed by atoms with van der Waals surface area (Å²) >= 11 is 6.19. The second kappa shape index (κ2) is 7.80. The molecule has 0 spiro atoms. The molecule has 2 aliphatic rings. The Balaban J connectivity index is 1.84. The van der Waals surface area contributed by atoms with Gasteiger partial charge in [-0.2, -0.15) is 0 Å². The van der Waals surface area contributed by atoms with Gasteiger partial charge in [0.05, 0.1) is 16.3 Å². The first-order valence-corrected chi connectivity index (χ1v) is 11.5. The summed E-state index contributed by atoms with van der Waals surface area (Å²) in [5.41, 5.74) is 1.95. The summed E-state index contributed by atoms with van der Waals surface area (Å²) in [5.74, 6) is -0.948. The van der Waals surface area contributed by atoms with Crippen LogP contribution in [0.25, 0.3) is 5.70 Å². The number of amides is 1. The van der Waals surface area contributed by atoms with Crippen LogP contribution in [0, 0.1) is 5.82 Å². The number of hydrogen-bond acceptors (Lipinski definition) is 4. The molecule has 0 atom stereocenters. The zero-order valence-corrected chi connectivity index (χ0v) is 17.2. The van der Waals surface area contributed by atoms with E-state index in [-0.39, 0.29) is 23.0 Å². The van der Waals surface area contributed by atoms with Crippen LogP contribution in [0.4, 0.5) is 10.1 Å². The molecule has 1 N–H and O–H groups in total. The van der Waals surface area contributed by atoms with Crippen molar-refractivity contribution in [1.82, 2.24) is 4.90 Å².